The number of hydrogen-bond donors (Lipinski definition) is 2. The lowest BCUT2D eigenvalue weighted by molar-refractivity contribution is -0.286. The van der Waals surface area contributed by atoms with E-state index in [4.69, 9.17) is 0 Å². The monoisotopic (exact) mass is 320 g/mol. The SMILES string of the molecule is Cc1cnc(Nc2ccc3c(c2)OC(F)(F)O3)nc1NC1CC1. The minimum atomic E-state index is -3.62. The predicted octanol–water partition coefficient (Wildman–Crippen LogP) is 3.42. The molecular formula is C15H14F2N4O2. The van der Waals surface area contributed by atoms with Gasteiger partial charge in [0, 0.05) is 29.6 Å². The number of aromatic nitrogens is 2. The molecule has 6 nitrogen and oxygen atoms in total. The van der Waals surface area contributed by atoms with Gasteiger partial charge in [0.1, 0.15) is 5.82 Å². The molecule has 0 radical (unpaired) electrons. The number of halogens is 2. The third-order valence-corrected chi connectivity index (χ3v) is 3.55. The number of alkyl halides is 2. The lowest BCUT2D eigenvalue weighted by Crippen LogP contribution is -2.25. The number of hydrogen-bond acceptors (Lipinski definition) is 6. The van der Waals surface area contributed by atoms with E-state index >= 15 is 0 Å². The summed E-state index contributed by atoms with van der Waals surface area (Å²) in [4.78, 5) is 8.62. The average Bonchev–Trinajstić information content (AvgIpc) is 3.23. The molecule has 8 heteroatoms. The van der Waals surface area contributed by atoms with Crippen LogP contribution in [-0.4, -0.2) is 22.3 Å². The van der Waals surface area contributed by atoms with Crippen molar-refractivity contribution in [2.45, 2.75) is 32.1 Å². The molecule has 2 aromatic rings. The van der Waals surface area contributed by atoms with Gasteiger partial charge in [-0.1, -0.05) is 0 Å². The van der Waals surface area contributed by atoms with Crippen LogP contribution in [0.4, 0.5) is 26.2 Å². The fourth-order valence-electron chi connectivity index (χ4n) is 2.23. The first-order chi connectivity index (χ1) is 11.0. The van der Waals surface area contributed by atoms with Crippen molar-refractivity contribution in [1.29, 1.82) is 0 Å². The number of anilines is 3. The van der Waals surface area contributed by atoms with Gasteiger partial charge in [0.25, 0.3) is 0 Å². The highest BCUT2D eigenvalue weighted by atomic mass is 19.3. The molecule has 0 unspecified atom stereocenters. The second-order valence-corrected chi connectivity index (χ2v) is 5.60. The molecular weight excluding hydrogens is 306 g/mol. The van der Waals surface area contributed by atoms with E-state index < -0.39 is 6.29 Å². The maximum Gasteiger partial charge on any atom is 0.586 e. The molecule has 120 valence electrons. The van der Waals surface area contributed by atoms with Crippen LogP contribution in [0, 0.1) is 6.92 Å². The van der Waals surface area contributed by atoms with Gasteiger partial charge < -0.3 is 20.1 Å². The van der Waals surface area contributed by atoms with E-state index in [9.17, 15) is 8.78 Å². The Morgan fingerprint density at radius 1 is 1.22 bits per heavy atom. The molecule has 0 bridgehead atoms. The molecule has 2 N–H and O–H groups in total. The third-order valence-electron chi connectivity index (χ3n) is 3.55. The molecule has 0 saturated heterocycles. The van der Waals surface area contributed by atoms with Gasteiger partial charge >= 0.3 is 6.29 Å². The van der Waals surface area contributed by atoms with Crippen LogP contribution in [0.2, 0.25) is 0 Å². The van der Waals surface area contributed by atoms with Crippen LogP contribution in [-0.2, 0) is 0 Å². The Balaban J connectivity index is 1.54. The summed E-state index contributed by atoms with van der Waals surface area (Å²) in [5, 5.41) is 6.31. The number of fused-ring (bicyclic) bond motifs is 1. The molecule has 23 heavy (non-hydrogen) atoms. The Kier molecular flexibility index (Phi) is 3.00. The average molecular weight is 320 g/mol. The van der Waals surface area contributed by atoms with E-state index in [1.54, 1.807) is 12.3 Å². The number of aryl methyl sites for hydroxylation is 1. The van der Waals surface area contributed by atoms with Gasteiger partial charge in [0.2, 0.25) is 5.95 Å². The smallest absolute Gasteiger partial charge is 0.395 e. The van der Waals surface area contributed by atoms with Gasteiger partial charge in [-0.15, -0.1) is 8.78 Å². The van der Waals surface area contributed by atoms with Crippen LogP contribution in [0.1, 0.15) is 18.4 Å². The maximum atomic E-state index is 13.0. The first kappa shape index (κ1) is 14.0. The normalized spacial score (nSPS) is 17.9. The molecule has 2 heterocycles. The predicted molar refractivity (Wildman–Crippen MR) is 79.3 cm³/mol. The molecule has 4 rings (SSSR count). The van der Waals surface area contributed by atoms with E-state index in [1.165, 1.54) is 12.1 Å². The first-order valence-corrected chi connectivity index (χ1v) is 7.26. The van der Waals surface area contributed by atoms with E-state index in [-0.39, 0.29) is 11.5 Å². The largest absolute Gasteiger partial charge is 0.586 e. The van der Waals surface area contributed by atoms with Crippen molar-refractivity contribution in [1.82, 2.24) is 9.97 Å². The number of nitrogens with zero attached hydrogens (tertiary/aromatic N) is 2. The van der Waals surface area contributed by atoms with E-state index in [2.05, 4.69) is 30.1 Å². The minimum absolute atomic E-state index is 0.00136. The van der Waals surface area contributed by atoms with Crippen molar-refractivity contribution >= 4 is 17.5 Å². The summed E-state index contributed by atoms with van der Waals surface area (Å²) in [5.74, 6) is 1.13. The van der Waals surface area contributed by atoms with Gasteiger partial charge in [-0.05, 0) is 31.9 Å². The van der Waals surface area contributed by atoms with E-state index in [1.807, 2.05) is 6.92 Å². The number of nitrogens with one attached hydrogen (secondary N) is 2. The van der Waals surface area contributed by atoms with Crippen molar-refractivity contribution in [2.75, 3.05) is 10.6 Å². The Bertz CT molecular complexity index is 756. The van der Waals surface area contributed by atoms with Gasteiger partial charge in [-0.2, -0.15) is 4.98 Å². The molecule has 1 saturated carbocycles. The Morgan fingerprint density at radius 2 is 2.00 bits per heavy atom. The molecule has 0 amide bonds. The topological polar surface area (TPSA) is 68.3 Å². The van der Waals surface area contributed by atoms with Gasteiger partial charge in [0.05, 0.1) is 0 Å². The Hall–Kier alpha value is -2.64. The van der Waals surface area contributed by atoms with Crippen LogP contribution < -0.4 is 20.1 Å². The summed E-state index contributed by atoms with van der Waals surface area (Å²) < 4.78 is 34.8. The van der Waals surface area contributed by atoms with Gasteiger partial charge in [0.15, 0.2) is 11.5 Å². The van der Waals surface area contributed by atoms with E-state index in [0.29, 0.717) is 17.7 Å². The van der Waals surface area contributed by atoms with Crippen LogP contribution in [0.25, 0.3) is 0 Å². The fourth-order valence-corrected chi connectivity index (χ4v) is 2.23. The molecule has 0 spiro atoms. The minimum Gasteiger partial charge on any atom is -0.395 e. The van der Waals surface area contributed by atoms with Gasteiger partial charge in [-0.3, -0.25) is 0 Å². The van der Waals surface area contributed by atoms with Crippen LogP contribution in [0.15, 0.2) is 24.4 Å². The molecule has 1 aromatic heterocycles. The number of ether oxygens (including phenoxy) is 2. The third kappa shape index (κ3) is 2.96. The highest BCUT2D eigenvalue weighted by molar-refractivity contribution is 5.61. The zero-order chi connectivity index (χ0) is 16.0. The second kappa shape index (κ2) is 4.94. The summed E-state index contributed by atoms with van der Waals surface area (Å²) in [6, 6.07) is 4.91. The maximum absolute atomic E-state index is 13.0. The highest BCUT2D eigenvalue weighted by Gasteiger charge is 2.43. The van der Waals surface area contributed by atoms with Crippen LogP contribution in [0.3, 0.4) is 0 Å². The van der Waals surface area contributed by atoms with Gasteiger partial charge in [-0.25, -0.2) is 4.98 Å². The molecule has 1 fully saturated rings. The Morgan fingerprint density at radius 3 is 2.78 bits per heavy atom. The zero-order valence-corrected chi connectivity index (χ0v) is 12.3. The van der Waals surface area contributed by atoms with Crippen molar-refractivity contribution in [3.05, 3.63) is 30.0 Å². The summed E-state index contributed by atoms with van der Waals surface area (Å²) >= 11 is 0. The highest BCUT2D eigenvalue weighted by Crippen LogP contribution is 2.42. The fraction of sp³-hybridized carbons (Fsp3) is 0.333. The quantitative estimate of drug-likeness (QED) is 0.899. The van der Waals surface area contributed by atoms with Crippen molar-refractivity contribution in [3.8, 4) is 11.5 Å². The summed E-state index contributed by atoms with van der Waals surface area (Å²) in [7, 11) is 0. The molecule has 1 aliphatic carbocycles. The summed E-state index contributed by atoms with van der Waals surface area (Å²) in [5.41, 5.74) is 1.49. The Labute approximate surface area is 130 Å². The zero-order valence-electron chi connectivity index (χ0n) is 12.3. The second-order valence-electron chi connectivity index (χ2n) is 5.60. The van der Waals surface area contributed by atoms with E-state index in [0.717, 1.165) is 24.2 Å². The molecule has 1 aliphatic heterocycles. The van der Waals surface area contributed by atoms with Crippen molar-refractivity contribution in [3.63, 3.8) is 0 Å². The summed E-state index contributed by atoms with van der Waals surface area (Å²) in [6.07, 6.45) is 0.370. The van der Waals surface area contributed by atoms with Crippen LogP contribution >= 0.6 is 0 Å². The molecule has 0 atom stereocenters. The summed E-state index contributed by atoms with van der Waals surface area (Å²) in [6.45, 7) is 1.93. The lowest BCUT2D eigenvalue weighted by Gasteiger charge is -2.10. The lowest BCUT2D eigenvalue weighted by atomic mass is 10.3. The standard InChI is InChI=1S/C15H14F2N4O2/c1-8-7-18-14(21-13(8)19-9-2-3-9)20-10-4-5-11-12(6-10)23-15(16,17)22-11/h4-7,9H,2-3H2,1H3,(H2,18,19,20,21). The molecule has 1 aromatic carbocycles. The number of rotatable bonds is 4. The van der Waals surface area contributed by atoms with Crippen molar-refractivity contribution in [2.24, 2.45) is 0 Å². The van der Waals surface area contributed by atoms with Crippen molar-refractivity contribution < 1.29 is 18.3 Å². The molecule has 2 aliphatic rings. The first-order valence-electron chi connectivity index (χ1n) is 7.26. The van der Waals surface area contributed by atoms with Crippen LogP contribution in [0.5, 0.6) is 11.5 Å². The number of benzene rings is 1.